The van der Waals surface area contributed by atoms with Crippen molar-refractivity contribution < 1.29 is 5.11 Å². The Hall–Kier alpha value is -0.570. The summed E-state index contributed by atoms with van der Waals surface area (Å²) in [5, 5.41) is 13.0. The van der Waals surface area contributed by atoms with Gasteiger partial charge < -0.3 is 10.4 Å². The summed E-state index contributed by atoms with van der Waals surface area (Å²) >= 11 is 5.87. The highest BCUT2D eigenvalue weighted by atomic mass is 35.5. The van der Waals surface area contributed by atoms with Crippen molar-refractivity contribution in [3.8, 4) is 0 Å². The number of aliphatic hydroxyl groups is 1. The number of rotatable bonds is 1. The average Bonchev–Trinajstić information content (AvgIpc) is 2.17. The molecule has 1 heterocycles. The summed E-state index contributed by atoms with van der Waals surface area (Å²) in [5.41, 5.74) is 2.54. The van der Waals surface area contributed by atoms with Gasteiger partial charge in [0.15, 0.2) is 0 Å². The second kappa shape index (κ2) is 3.66. The molecule has 2 nitrogen and oxygen atoms in total. The van der Waals surface area contributed by atoms with Crippen molar-refractivity contribution in [2.24, 2.45) is 0 Å². The van der Waals surface area contributed by atoms with Crippen LogP contribution in [0.2, 0.25) is 5.02 Å². The van der Waals surface area contributed by atoms with E-state index < -0.39 is 0 Å². The summed E-state index contributed by atoms with van der Waals surface area (Å²) in [6.45, 7) is 1.00. The van der Waals surface area contributed by atoms with E-state index in [0.717, 1.165) is 18.0 Å². The molecule has 1 aliphatic heterocycles. The summed E-state index contributed by atoms with van der Waals surface area (Å²) in [7, 11) is 0. The lowest BCUT2D eigenvalue weighted by molar-refractivity contribution is 0.236. The van der Waals surface area contributed by atoms with Crippen molar-refractivity contribution in [2.45, 2.75) is 19.0 Å². The summed E-state index contributed by atoms with van der Waals surface area (Å²) in [4.78, 5) is 0. The molecule has 0 aliphatic carbocycles. The van der Waals surface area contributed by atoms with E-state index in [1.807, 2.05) is 18.2 Å². The number of fused-ring (bicyclic) bond motifs is 1. The standard InChI is InChI=1S/C10H12ClNO/c11-9-2-1-7-4-10(6-13)12-5-8(7)3-9/h1-3,10,12-13H,4-6H2. The van der Waals surface area contributed by atoms with E-state index in [2.05, 4.69) is 5.32 Å². The fourth-order valence-corrected chi connectivity index (χ4v) is 1.87. The molecule has 0 spiro atoms. The molecule has 0 saturated heterocycles. The third-order valence-corrected chi connectivity index (χ3v) is 2.67. The van der Waals surface area contributed by atoms with Crippen molar-refractivity contribution in [1.29, 1.82) is 0 Å². The van der Waals surface area contributed by atoms with Gasteiger partial charge in [-0.3, -0.25) is 0 Å². The van der Waals surface area contributed by atoms with Gasteiger partial charge in [-0.15, -0.1) is 0 Å². The van der Waals surface area contributed by atoms with E-state index in [4.69, 9.17) is 16.7 Å². The first-order valence-corrected chi connectivity index (χ1v) is 4.79. The normalized spacial score (nSPS) is 21.2. The van der Waals surface area contributed by atoms with Crippen molar-refractivity contribution in [3.05, 3.63) is 34.3 Å². The molecule has 0 fully saturated rings. The molecule has 2 rings (SSSR count). The number of halogens is 1. The lowest BCUT2D eigenvalue weighted by Crippen LogP contribution is -2.38. The maximum atomic E-state index is 8.98. The van der Waals surface area contributed by atoms with Crippen molar-refractivity contribution in [2.75, 3.05) is 6.61 Å². The lowest BCUT2D eigenvalue weighted by Gasteiger charge is -2.24. The van der Waals surface area contributed by atoms with Gasteiger partial charge in [0.05, 0.1) is 6.61 Å². The van der Waals surface area contributed by atoms with Crippen LogP contribution >= 0.6 is 11.6 Å². The van der Waals surface area contributed by atoms with Gasteiger partial charge in [0.25, 0.3) is 0 Å². The molecule has 0 radical (unpaired) electrons. The number of benzene rings is 1. The van der Waals surface area contributed by atoms with E-state index in [9.17, 15) is 0 Å². The Kier molecular flexibility index (Phi) is 2.54. The van der Waals surface area contributed by atoms with Crippen LogP contribution in [0.4, 0.5) is 0 Å². The largest absolute Gasteiger partial charge is 0.395 e. The predicted octanol–water partition coefficient (Wildman–Crippen LogP) is 1.35. The molecular weight excluding hydrogens is 186 g/mol. The fourth-order valence-electron chi connectivity index (χ4n) is 1.68. The molecule has 0 saturated carbocycles. The van der Waals surface area contributed by atoms with Crippen molar-refractivity contribution in [1.82, 2.24) is 5.32 Å². The second-order valence-electron chi connectivity index (χ2n) is 3.38. The first-order valence-electron chi connectivity index (χ1n) is 4.41. The van der Waals surface area contributed by atoms with Crippen molar-refractivity contribution >= 4 is 11.6 Å². The molecule has 0 bridgehead atoms. The lowest BCUT2D eigenvalue weighted by atomic mass is 9.96. The Bertz CT molecular complexity index is 314. The minimum atomic E-state index is 0.196. The first kappa shape index (κ1) is 9.00. The topological polar surface area (TPSA) is 32.3 Å². The first-order chi connectivity index (χ1) is 6.29. The Morgan fingerprint density at radius 1 is 1.46 bits per heavy atom. The van der Waals surface area contributed by atoms with E-state index in [-0.39, 0.29) is 12.6 Å². The molecule has 1 unspecified atom stereocenters. The molecule has 1 aromatic carbocycles. The van der Waals surface area contributed by atoms with Crippen LogP contribution < -0.4 is 5.32 Å². The zero-order valence-corrected chi connectivity index (χ0v) is 8.01. The van der Waals surface area contributed by atoms with Crippen LogP contribution in [0.25, 0.3) is 0 Å². The third-order valence-electron chi connectivity index (χ3n) is 2.44. The van der Waals surface area contributed by atoms with E-state index in [1.165, 1.54) is 11.1 Å². The van der Waals surface area contributed by atoms with Gasteiger partial charge in [0, 0.05) is 17.6 Å². The van der Waals surface area contributed by atoms with Gasteiger partial charge in [-0.05, 0) is 29.7 Å². The highest BCUT2D eigenvalue weighted by Gasteiger charge is 2.16. The van der Waals surface area contributed by atoms with E-state index >= 15 is 0 Å². The molecule has 70 valence electrons. The SMILES string of the molecule is OCC1Cc2ccc(Cl)cc2CN1. The third kappa shape index (κ3) is 1.85. The monoisotopic (exact) mass is 197 g/mol. The quantitative estimate of drug-likeness (QED) is 0.713. The fraction of sp³-hybridized carbons (Fsp3) is 0.400. The van der Waals surface area contributed by atoms with Crippen molar-refractivity contribution in [3.63, 3.8) is 0 Å². The van der Waals surface area contributed by atoms with Gasteiger partial charge in [-0.2, -0.15) is 0 Å². The summed E-state index contributed by atoms with van der Waals surface area (Å²) in [5.74, 6) is 0. The maximum Gasteiger partial charge on any atom is 0.0587 e. The zero-order chi connectivity index (χ0) is 9.26. The molecule has 13 heavy (non-hydrogen) atoms. The minimum Gasteiger partial charge on any atom is -0.395 e. The Balaban J connectivity index is 2.26. The number of hydrogen-bond donors (Lipinski definition) is 2. The van der Waals surface area contributed by atoms with Crippen LogP contribution in [0.3, 0.4) is 0 Å². The zero-order valence-electron chi connectivity index (χ0n) is 7.26. The van der Waals surface area contributed by atoms with E-state index in [1.54, 1.807) is 0 Å². The van der Waals surface area contributed by atoms with Gasteiger partial charge in [-0.25, -0.2) is 0 Å². The highest BCUT2D eigenvalue weighted by molar-refractivity contribution is 6.30. The van der Waals surface area contributed by atoms with Crippen LogP contribution in [-0.2, 0) is 13.0 Å². The van der Waals surface area contributed by atoms with Crippen LogP contribution in [0.15, 0.2) is 18.2 Å². The summed E-state index contributed by atoms with van der Waals surface area (Å²) in [6.07, 6.45) is 0.892. The van der Waals surface area contributed by atoms with Crippen LogP contribution in [-0.4, -0.2) is 17.8 Å². The van der Waals surface area contributed by atoms with Crippen LogP contribution in [0.5, 0.6) is 0 Å². The molecule has 1 aromatic rings. The number of hydrogen-bond acceptors (Lipinski definition) is 2. The minimum absolute atomic E-state index is 0.196. The number of nitrogens with one attached hydrogen (secondary N) is 1. The molecular formula is C10H12ClNO. The predicted molar refractivity (Wildman–Crippen MR) is 52.9 cm³/mol. The average molecular weight is 198 g/mol. The Morgan fingerprint density at radius 2 is 2.31 bits per heavy atom. The Morgan fingerprint density at radius 3 is 3.08 bits per heavy atom. The molecule has 3 heteroatoms. The molecule has 1 atom stereocenters. The smallest absolute Gasteiger partial charge is 0.0587 e. The molecule has 1 aliphatic rings. The second-order valence-corrected chi connectivity index (χ2v) is 3.81. The van der Waals surface area contributed by atoms with Gasteiger partial charge >= 0.3 is 0 Å². The summed E-state index contributed by atoms with van der Waals surface area (Å²) in [6, 6.07) is 6.13. The Labute approximate surface area is 82.5 Å². The van der Waals surface area contributed by atoms with Crippen LogP contribution in [0.1, 0.15) is 11.1 Å². The van der Waals surface area contributed by atoms with Gasteiger partial charge in [0.1, 0.15) is 0 Å². The van der Waals surface area contributed by atoms with E-state index in [0.29, 0.717) is 0 Å². The molecule has 0 amide bonds. The maximum absolute atomic E-state index is 8.98. The molecule has 0 aromatic heterocycles. The van der Waals surface area contributed by atoms with Gasteiger partial charge in [0.2, 0.25) is 0 Å². The number of aliphatic hydroxyl groups excluding tert-OH is 1. The molecule has 2 N–H and O–H groups in total. The summed E-state index contributed by atoms with van der Waals surface area (Å²) < 4.78 is 0. The highest BCUT2D eigenvalue weighted by Crippen LogP contribution is 2.20. The van der Waals surface area contributed by atoms with Crippen LogP contribution in [0, 0.1) is 0 Å². The van der Waals surface area contributed by atoms with Gasteiger partial charge in [-0.1, -0.05) is 17.7 Å².